The minimum absolute atomic E-state index is 0. The molecule has 0 aromatic heterocycles. The van der Waals surface area contributed by atoms with Crippen LogP contribution in [-0.4, -0.2) is 6.98 Å². The molecule has 0 saturated carbocycles. The fourth-order valence-electron chi connectivity index (χ4n) is 0.937. The molecule has 14 heavy (non-hydrogen) atoms. The van der Waals surface area contributed by atoms with Crippen LogP contribution in [0.25, 0.3) is 0 Å². The van der Waals surface area contributed by atoms with Gasteiger partial charge >= 0.3 is 58.4 Å². The molecular formula is C7H5BClF4K. The first-order valence-corrected chi connectivity index (χ1v) is 3.91. The Labute approximate surface area is 126 Å². The zero-order chi connectivity index (χ0) is 10.1. The number of benzene rings is 1. The average Bonchev–Trinajstić information content (AvgIpc) is 1.93. The quantitative estimate of drug-likeness (QED) is 0.527. The van der Waals surface area contributed by atoms with Crippen molar-refractivity contribution in [3.63, 3.8) is 0 Å². The first-order chi connectivity index (χ1) is 5.88. The normalized spacial score (nSPS) is 10.9. The van der Waals surface area contributed by atoms with E-state index in [0.29, 0.717) is 0 Å². The summed E-state index contributed by atoms with van der Waals surface area (Å²) in [4.78, 5) is 0. The zero-order valence-electron chi connectivity index (χ0n) is 7.41. The van der Waals surface area contributed by atoms with Gasteiger partial charge in [-0.3, -0.25) is 0 Å². The van der Waals surface area contributed by atoms with Crippen molar-refractivity contribution >= 4 is 18.6 Å². The molecule has 0 nitrogen and oxygen atoms in total. The predicted octanol–water partition coefficient (Wildman–Crippen LogP) is 0.412. The van der Waals surface area contributed by atoms with E-state index >= 15 is 0 Å². The van der Waals surface area contributed by atoms with Gasteiger partial charge in [-0.05, 0) is 12.1 Å². The zero-order valence-corrected chi connectivity index (χ0v) is 11.3. The Kier molecular flexibility index (Phi) is 6.25. The molecule has 0 heterocycles. The van der Waals surface area contributed by atoms with Gasteiger partial charge in [-0.1, -0.05) is 29.6 Å². The molecule has 0 saturated heterocycles. The van der Waals surface area contributed by atoms with Gasteiger partial charge in [0.25, 0.3) is 0 Å². The summed E-state index contributed by atoms with van der Waals surface area (Å²) < 4.78 is 48.2. The summed E-state index contributed by atoms with van der Waals surface area (Å²) in [6.45, 7) is -4.92. The Morgan fingerprint density at radius 1 is 1.21 bits per heavy atom. The van der Waals surface area contributed by atoms with Crippen molar-refractivity contribution in [3.05, 3.63) is 34.6 Å². The fraction of sp³-hybridized carbons (Fsp3) is 0.143. The third kappa shape index (κ3) is 5.14. The van der Waals surface area contributed by atoms with Gasteiger partial charge < -0.3 is 12.9 Å². The smallest absolute Gasteiger partial charge is 0.449 e. The summed E-state index contributed by atoms with van der Waals surface area (Å²) in [6, 6.07) is 2.88. The van der Waals surface area contributed by atoms with E-state index in [-0.39, 0.29) is 62.0 Å². The molecular weight excluding hydrogens is 245 g/mol. The average molecular weight is 250 g/mol. The Balaban J connectivity index is 0.00000169. The number of hydrogen-bond acceptors (Lipinski definition) is 0. The molecule has 0 unspecified atom stereocenters. The van der Waals surface area contributed by atoms with Crippen molar-refractivity contribution in [2.45, 2.75) is 6.32 Å². The van der Waals surface area contributed by atoms with Crippen LogP contribution in [0.2, 0.25) is 5.02 Å². The Morgan fingerprint density at radius 3 is 2.21 bits per heavy atom. The topological polar surface area (TPSA) is 0 Å². The molecule has 0 amide bonds. The van der Waals surface area contributed by atoms with Gasteiger partial charge in [0.15, 0.2) is 0 Å². The maximum atomic E-state index is 12.4. The monoisotopic (exact) mass is 250 g/mol. The van der Waals surface area contributed by atoms with E-state index in [4.69, 9.17) is 11.6 Å². The van der Waals surface area contributed by atoms with E-state index in [1.807, 2.05) is 0 Å². The van der Waals surface area contributed by atoms with Crippen LogP contribution < -0.4 is 51.4 Å². The number of rotatable bonds is 2. The van der Waals surface area contributed by atoms with Gasteiger partial charge in [-0.2, -0.15) is 0 Å². The molecule has 0 fully saturated rings. The molecule has 0 radical (unpaired) electrons. The summed E-state index contributed by atoms with van der Waals surface area (Å²) in [5.74, 6) is -0.636. The number of halogens is 5. The third-order valence-electron chi connectivity index (χ3n) is 1.47. The molecule has 0 aliphatic carbocycles. The summed E-state index contributed by atoms with van der Waals surface area (Å²) in [5.41, 5.74) is -0.0874. The maximum absolute atomic E-state index is 12.4. The van der Waals surface area contributed by atoms with E-state index in [1.54, 1.807) is 0 Å². The van der Waals surface area contributed by atoms with Crippen molar-refractivity contribution in [2.24, 2.45) is 0 Å². The minimum Gasteiger partial charge on any atom is -0.449 e. The predicted molar refractivity (Wildman–Crippen MR) is 44.2 cm³/mol. The largest absolute Gasteiger partial charge is 1.00 e. The minimum atomic E-state index is -4.92. The second-order valence-corrected chi connectivity index (χ2v) is 3.06. The van der Waals surface area contributed by atoms with Crippen LogP contribution in [0.1, 0.15) is 5.56 Å². The molecule has 0 aliphatic heterocycles. The van der Waals surface area contributed by atoms with Gasteiger partial charge in [0.1, 0.15) is 5.82 Å². The Hall–Kier alpha value is 0.931. The molecule has 1 rings (SSSR count). The molecule has 7 heteroatoms. The van der Waals surface area contributed by atoms with Crippen LogP contribution in [0.5, 0.6) is 0 Å². The molecule has 72 valence electrons. The van der Waals surface area contributed by atoms with Crippen LogP contribution in [0, 0.1) is 5.82 Å². The molecule has 0 atom stereocenters. The first-order valence-electron chi connectivity index (χ1n) is 3.53. The summed E-state index contributed by atoms with van der Waals surface area (Å²) >= 11 is 5.41. The van der Waals surface area contributed by atoms with E-state index < -0.39 is 19.1 Å². The fourth-order valence-corrected chi connectivity index (χ4v) is 1.18. The molecule has 0 spiro atoms. The number of hydrogen-bond donors (Lipinski definition) is 0. The van der Waals surface area contributed by atoms with E-state index in [9.17, 15) is 17.3 Å². The maximum Gasteiger partial charge on any atom is 1.00 e. The van der Waals surface area contributed by atoms with Crippen molar-refractivity contribution in [1.29, 1.82) is 0 Å². The van der Waals surface area contributed by atoms with Crippen LogP contribution in [0.3, 0.4) is 0 Å². The van der Waals surface area contributed by atoms with Crippen LogP contribution in [0.4, 0.5) is 17.3 Å². The van der Waals surface area contributed by atoms with E-state index in [1.165, 1.54) is 0 Å². The SMILES string of the molecule is Fc1ccc(C[B-](F)(F)F)c(Cl)c1.[K+]. The van der Waals surface area contributed by atoms with Gasteiger partial charge in [-0.15, -0.1) is 0 Å². The summed E-state index contributed by atoms with van der Waals surface area (Å²) in [6.07, 6.45) is -1.07. The van der Waals surface area contributed by atoms with Crippen molar-refractivity contribution < 1.29 is 68.7 Å². The molecule has 0 bridgehead atoms. The Bertz CT molecular complexity index is 315. The Morgan fingerprint density at radius 2 is 1.79 bits per heavy atom. The second kappa shape index (κ2) is 5.86. The van der Waals surface area contributed by atoms with E-state index in [0.717, 1.165) is 18.2 Å². The van der Waals surface area contributed by atoms with Gasteiger partial charge in [0.05, 0.1) is 0 Å². The third-order valence-corrected chi connectivity index (χ3v) is 1.82. The summed E-state index contributed by atoms with van der Waals surface area (Å²) in [7, 11) is 0. The molecule has 0 aliphatic rings. The van der Waals surface area contributed by atoms with Gasteiger partial charge in [0.2, 0.25) is 0 Å². The van der Waals surface area contributed by atoms with Crippen molar-refractivity contribution in [2.75, 3.05) is 0 Å². The van der Waals surface area contributed by atoms with Crippen LogP contribution in [0.15, 0.2) is 18.2 Å². The van der Waals surface area contributed by atoms with Crippen LogP contribution in [-0.2, 0) is 6.32 Å². The first kappa shape index (κ1) is 14.9. The second-order valence-electron chi connectivity index (χ2n) is 2.65. The van der Waals surface area contributed by atoms with Gasteiger partial charge in [-0.25, -0.2) is 4.39 Å². The molecule has 0 N–H and O–H groups in total. The molecule has 1 aromatic rings. The summed E-state index contributed by atoms with van der Waals surface area (Å²) in [5, 5.41) is -0.181. The standard InChI is InChI=1S/C7H5BClF4.K/c9-7-3-6(10)2-1-5(7)4-8(11,12)13;/h1-3H,4H2;/q-1;+1. The molecule has 1 aromatic carbocycles. The van der Waals surface area contributed by atoms with Crippen molar-refractivity contribution in [3.8, 4) is 0 Å². The van der Waals surface area contributed by atoms with Crippen LogP contribution >= 0.6 is 11.6 Å². The van der Waals surface area contributed by atoms with Gasteiger partial charge in [0, 0.05) is 5.02 Å². The van der Waals surface area contributed by atoms with E-state index in [2.05, 4.69) is 0 Å². The van der Waals surface area contributed by atoms with Crippen molar-refractivity contribution in [1.82, 2.24) is 0 Å².